The number of hydrogen-bond acceptors (Lipinski definition) is 3. The van der Waals surface area contributed by atoms with Gasteiger partial charge in [-0.2, -0.15) is 5.26 Å². The lowest BCUT2D eigenvalue weighted by Crippen LogP contribution is -2.13. The minimum absolute atomic E-state index is 0.00935. The van der Waals surface area contributed by atoms with Crippen molar-refractivity contribution in [1.29, 1.82) is 5.26 Å². The fourth-order valence-corrected chi connectivity index (χ4v) is 3.30. The van der Waals surface area contributed by atoms with Gasteiger partial charge in [0.05, 0.1) is 6.61 Å². The van der Waals surface area contributed by atoms with Gasteiger partial charge >= 0.3 is 0 Å². The number of nitrogens with one attached hydrogen (secondary N) is 1. The first-order valence-electron chi connectivity index (χ1n) is 10.5. The number of benzene rings is 3. The Morgan fingerprint density at radius 1 is 1.06 bits per heavy atom. The molecule has 0 radical (unpaired) electrons. The Bertz CT molecular complexity index is 1160. The molecule has 0 aliphatic rings. The number of anilines is 1. The lowest BCUT2D eigenvalue weighted by atomic mass is 10.0. The first kappa shape index (κ1) is 22.8. The van der Waals surface area contributed by atoms with Crippen molar-refractivity contribution in [2.24, 2.45) is 0 Å². The molecule has 0 saturated carbocycles. The molecule has 3 aromatic rings. The van der Waals surface area contributed by atoms with Gasteiger partial charge in [-0.3, -0.25) is 4.79 Å². The summed E-state index contributed by atoms with van der Waals surface area (Å²) < 4.78 is 19.3. The summed E-state index contributed by atoms with van der Waals surface area (Å²) in [7, 11) is 0. The number of halogens is 1. The van der Waals surface area contributed by atoms with E-state index in [0.717, 1.165) is 17.5 Å². The summed E-state index contributed by atoms with van der Waals surface area (Å²) in [5.41, 5.74) is 4.19. The van der Waals surface area contributed by atoms with Crippen molar-refractivity contribution in [3.63, 3.8) is 0 Å². The highest BCUT2D eigenvalue weighted by atomic mass is 19.1. The Kier molecular flexibility index (Phi) is 7.77. The molecule has 0 atom stereocenters. The van der Waals surface area contributed by atoms with Crippen LogP contribution in [0.1, 0.15) is 36.1 Å². The van der Waals surface area contributed by atoms with Gasteiger partial charge in [0.15, 0.2) is 0 Å². The van der Waals surface area contributed by atoms with E-state index in [1.165, 1.54) is 23.8 Å². The van der Waals surface area contributed by atoms with E-state index in [1.807, 2.05) is 55.5 Å². The molecule has 0 heterocycles. The third-order valence-corrected chi connectivity index (χ3v) is 4.97. The largest absolute Gasteiger partial charge is 0.494 e. The molecule has 0 aromatic heterocycles. The predicted octanol–water partition coefficient (Wildman–Crippen LogP) is 5.92. The van der Waals surface area contributed by atoms with E-state index in [-0.39, 0.29) is 11.4 Å². The third kappa shape index (κ3) is 6.05. The molecule has 5 heteroatoms. The Labute approximate surface area is 188 Å². The van der Waals surface area contributed by atoms with E-state index in [9.17, 15) is 14.4 Å². The summed E-state index contributed by atoms with van der Waals surface area (Å²) in [6, 6.07) is 21.4. The summed E-state index contributed by atoms with van der Waals surface area (Å²) in [4.78, 5) is 12.6. The van der Waals surface area contributed by atoms with Gasteiger partial charge in [-0.1, -0.05) is 43.3 Å². The molecule has 4 nitrogen and oxygen atoms in total. The molecule has 3 rings (SSSR count). The molecule has 32 heavy (non-hydrogen) atoms. The van der Waals surface area contributed by atoms with Crippen LogP contribution in [0.2, 0.25) is 0 Å². The van der Waals surface area contributed by atoms with Crippen molar-refractivity contribution in [1.82, 2.24) is 0 Å². The molecule has 162 valence electrons. The third-order valence-electron chi connectivity index (χ3n) is 4.97. The molecule has 0 fully saturated rings. The van der Waals surface area contributed by atoms with Gasteiger partial charge in [0, 0.05) is 12.1 Å². The van der Waals surface area contributed by atoms with E-state index in [2.05, 4.69) is 12.2 Å². The van der Waals surface area contributed by atoms with Crippen LogP contribution < -0.4 is 10.1 Å². The maximum Gasteiger partial charge on any atom is 0.266 e. The monoisotopic (exact) mass is 428 g/mol. The molecule has 0 aliphatic heterocycles. The fraction of sp³-hybridized carbons (Fsp3) is 0.185. The highest BCUT2D eigenvalue weighted by Gasteiger charge is 2.12. The van der Waals surface area contributed by atoms with Crippen LogP contribution in [0.15, 0.2) is 72.3 Å². The van der Waals surface area contributed by atoms with Crippen LogP contribution in [-0.4, -0.2) is 12.5 Å². The molecule has 0 bridgehead atoms. The second-order valence-corrected chi connectivity index (χ2v) is 7.28. The number of amides is 1. The number of ether oxygens (including phenoxy) is 1. The minimum atomic E-state index is -0.474. The van der Waals surface area contributed by atoms with Crippen molar-refractivity contribution >= 4 is 17.7 Å². The van der Waals surface area contributed by atoms with Crippen LogP contribution in [0, 0.1) is 17.1 Å². The lowest BCUT2D eigenvalue weighted by Gasteiger charge is -2.12. The number of hydrogen-bond donors (Lipinski definition) is 1. The maximum atomic E-state index is 13.5. The zero-order valence-corrected chi connectivity index (χ0v) is 18.2. The molecule has 1 amide bonds. The predicted molar refractivity (Wildman–Crippen MR) is 125 cm³/mol. The average Bonchev–Trinajstić information content (AvgIpc) is 2.79. The molecular formula is C27H25FN2O2. The fourth-order valence-electron chi connectivity index (χ4n) is 3.30. The lowest BCUT2D eigenvalue weighted by molar-refractivity contribution is -0.112. The minimum Gasteiger partial charge on any atom is -0.494 e. The SMILES string of the molecule is CCOc1cc(/C=C(\C#N)C(=O)Nc2ccc(CC)cc2)ccc1Cc1cccc(F)c1. The standard InChI is InChI=1S/C27H25FN2O2/c1-3-19-9-12-25(13-10-19)30-27(31)23(18-29)15-21-8-11-22(26(17-21)32-4-2)14-20-6-5-7-24(28)16-20/h5-13,15-17H,3-4,14H2,1-2H3,(H,30,31)/b23-15+. The quantitative estimate of drug-likeness (QED) is 0.358. The molecule has 0 saturated heterocycles. The number of nitriles is 1. The van der Waals surface area contributed by atoms with Gasteiger partial charge in [-0.25, -0.2) is 4.39 Å². The van der Waals surface area contributed by atoms with Gasteiger partial charge in [-0.15, -0.1) is 0 Å². The first-order chi connectivity index (χ1) is 15.5. The highest BCUT2D eigenvalue weighted by Crippen LogP contribution is 2.25. The summed E-state index contributed by atoms with van der Waals surface area (Å²) >= 11 is 0. The van der Waals surface area contributed by atoms with Crippen molar-refractivity contribution in [2.45, 2.75) is 26.7 Å². The van der Waals surface area contributed by atoms with Crippen molar-refractivity contribution in [3.8, 4) is 11.8 Å². The van der Waals surface area contributed by atoms with Gasteiger partial charge in [0.25, 0.3) is 5.91 Å². The van der Waals surface area contributed by atoms with Crippen molar-refractivity contribution in [3.05, 3.63) is 100 Å². The topological polar surface area (TPSA) is 62.1 Å². The van der Waals surface area contributed by atoms with E-state index in [1.54, 1.807) is 12.1 Å². The Hall–Kier alpha value is -3.91. The van der Waals surface area contributed by atoms with Gasteiger partial charge < -0.3 is 10.1 Å². The second kappa shape index (κ2) is 10.9. The second-order valence-electron chi connectivity index (χ2n) is 7.28. The van der Waals surface area contributed by atoms with Gasteiger partial charge in [0.1, 0.15) is 23.2 Å². The first-order valence-corrected chi connectivity index (χ1v) is 10.5. The van der Waals surface area contributed by atoms with Crippen LogP contribution in [0.4, 0.5) is 10.1 Å². The highest BCUT2D eigenvalue weighted by molar-refractivity contribution is 6.09. The maximum absolute atomic E-state index is 13.5. The number of carbonyl (C=O) groups is 1. The van der Waals surface area contributed by atoms with Crippen LogP contribution in [0.5, 0.6) is 5.75 Å². The van der Waals surface area contributed by atoms with Gasteiger partial charge in [0.2, 0.25) is 0 Å². The summed E-state index contributed by atoms with van der Waals surface area (Å²) in [6.45, 7) is 4.40. The summed E-state index contributed by atoms with van der Waals surface area (Å²) in [6.07, 6.45) is 2.95. The molecule has 0 unspecified atom stereocenters. The van der Waals surface area contributed by atoms with Crippen LogP contribution in [-0.2, 0) is 17.6 Å². The van der Waals surface area contributed by atoms with E-state index >= 15 is 0 Å². The van der Waals surface area contributed by atoms with Crippen molar-refractivity contribution < 1.29 is 13.9 Å². The smallest absolute Gasteiger partial charge is 0.266 e. The average molecular weight is 429 g/mol. The molecular weight excluding hydrogens is 403 g/mol. The van der Waals surface area contributed by atoms with E-state index < -0.39 is 5.91 Å². The number of carbonyl (C=O) groups excluding carboxylic acids is 1. The Balaban J connectivity index is 1.82. The summed E-state index contributed by atoms with van der Waals surface area (Å²) in [5, 5.41) is 12.3. The number of nitrogens with zero attached hydrogens (tertiary/aromatic N) is 1. The van der Waals surface area contributed by atoms with E-state index in [4.69, 9.17) is 4.74 Å². The molecule has 1 N–H and O–H groups in total. The number of aryl methyl sites for hydroxylation is 1. The zero-order chi connectivity index (χ0) is 22.9. The van der Waals surface area contributed by atoms with Crippen molar-refractivity contribution in [2.75, 3.05) is 11.9 Å². The Morgan fingerprint density at radius 3 is 2.50 bits per heavy atom. The molecule has 0 aliphatic carbocycles. The number of rotatable bonds is 8. The zero-order valence-electron chi connectivity index (χ0n) is 18.2. The van der Waals surface area contributed by atoms with Gasteiger partial charge in [-0.05, 0) is 72.0 Å². The Morgan fingerprint density at radius 2 is 1.84 bits per heavy atom. The summed E-state index contributed by atoms with van der Waals surface area (Å²) in [5.74, 6) is -0.120. The normalized spacial score (nSPS) is 11.0. The van der Waals surface area contributed by atoms with E-state index in [0.29, 0.717) is 30.0 Å². The van der Waals surface area contributed by atoms with Crippen LogP contribution in [0.3, 0.4) is 0 Å². The van der Waals surface area contributed by atoms with Crippen LogP contribution >= 0.6 is 0 Å². The van der Waals surface area contributed by atoms with Crippen LogP contribution in [0.25, 0.3) is 6.08 Å². The molecule has 0 spiro atoms. The molecule has 3 aromatic carbocycles.